The topological polar surface area (TPSA) is 37.5 Å². The lowest BCUT2D eigenvalue weighted by Gasteiger charge is -2.03. The first-order valence-electron chi connectivity index (χ1n) is 6.90. The maximum absolute atomic E-state index is 9.70. The van der Waals surface area contributed by atoms with Gasteiger partial charge in [0.05, 0.1) is 18.0 Å². The number of hydrogen-bond donors (Lipinski definition) is 1. The lowest BCUT2D eigenvalue weighted by atomic mass is 10.1. The molecule has 3 heteroatoms. The van der Waals surface area contributed by atoms with Crippen LogP contribution in [0.15, 0.2) is 42.6 Å². The van der Waals surface area contributed by atoms with Crippen LogP contribution in [0.5, 0.6) is 0 Å². The van der Waals surface area contributed by atoms with Crippen LogP contribution >= 0.6 is 0 Å². The highest BCUT2D eigenvalue weighted by Crippen LogP contribution is 2.25. The smallest absolute Gasteiger partial charge is 0.137 e. The minimum absolute atomic E-state index is 0.0184. The first-order chi connectivity index (χ1) is 9.72. The summed E-state index contributed by atoms with van der Waals surface area (Å²) in [4.78, 5) is 4.65. The molecule has 0 radical (unpaired) electrons. The zero-order valence-corrected chi connectivity index (χ0v) is 11.8. The molecular formula is C17H18N2O. The molecule has 1 N–H and O–H groups in total. The van der Waals surface area contributed by atoms with Gasteiger partial charge in [0.2, 0.25) is 0 Å². The van der Waals surface area contributed by atoms with Gasteiger partial charge in [-0.25, -0.2) is 4.98 Å². The number of aromatic nitrogens is 2. The van der Waals surface area contributed by atoms with Crippen molar-refractivity contribution in [3.63, 3.8) is 0 Å². The number of benzene rings is 1. The molecule has 0 amide bonds. The summed E-state index contributed by atoms with van der Waals surface area (Å²) in [6, 6.07) is 12.4. The Morgan fingerprint density at radius 1 is 1.10 bits per heavy atom. The van der Waals surface area contributed by atoms with Crippen molar-refractivity contribution in [1.29, 1.82) is 0 Å². The maximum Gasteiger partial charge on any atom is 0.137 e. The molecule has 0 aliphatic heterocycles. The largest absolute Gasteiger partial charge is 0.390 e. The van der Waals surface area contributed by atoms with Crippen LogP contribution in [0.3, 0.4) is 0 Å². The van der Waals surface area contributed by atoms with Gasteiger partial charge in [-0.05, 0) is 30.5 Å². The fourth-order valence-corrected chi connectivity index (χ4v) is 2.48. The van der Waals surface area contributed by atoms with Crippen molar-refractivity contribution >= 4 is 5.65 Å². The molecule has 0 unspecified atom stereocenters. The SMILES string of the molecule is CCc1ccc(-c2nc3ccc(C)cn3c2CO)cc1. The molecule has 2 heterocycles. The molecule has 0 fully saturated rings. The van der Waals surface area contributed by atoms with E-state index in [1.807, 2.05) is 29.7 Å². The summed E-state index contributed by atoms with van der Waals surface area (Å²) in [7, 11) is 0. The first-order valence-corrected chi connectivity index (χ1v) is 6.90. The van der Waals surface area contributed by atoms with E-state index in [0.29, 0.717) is 0 Å². The van der Waals surface area contributed by atoms with E-state index in [2.05, 4.69) is 36.2 Å². The van der Waals surface area contributed by atoms with E-state index in [0.717, 1.165) is 34.6 Å². The average Bonchev–Trinajstić information content (AvgIpc) is 2.85. The fraction of sp³-hybridized carbons (Fsp3) is 0.235. The minimum atomic E-state index is -0.0184. The Balaban J connectivity index is 2.19. The number of hydrogen-bond acceptors (Lipinski definition) is 2. The summed E-state index contributed by atoms with van der Waals surface area (Å²) in [5.41, 5.74) is 6.08. The molecule has 0 saturated carbocycles. The number of aliphatic hydroxyl groups excluding tert-OH is 1. The van der Waals surface area contributed by atoms with E-state index in [1.165, 1.54) is 5.56 Å². The molecule has 0 aliphatic rings. The molecule has 0 aliphatic carbocycles. The maximum atomic E-state index is 9.70. The monoisotopic (exact) mass is 266 g/mol. The Bertz CT molecular complexity index is 742. The van der Waals surface area contributed by atoms with Crippen molar-refractivity contribution in [2.24, 2.45) is 0 Å². The van der Waals surface area contributed by atoms with Gasteiger partial charge in [-0.2, -0.15) is 0 Å². The van der Waals surface area contributed by atoms with E-state index < -0.39 is 0 Å². The number of nitrogens with zero attached hydrogens (tertiary/aromatic N) is 2. The Kier molecular flexibility index (Phi) is 3.28. The molecule has 1 aromatic carbocycles. The summed E-state index contributed by atoms with van der Waals surface area (Å²) >= 11 is 0. The predicted octanol–water partition coefficient (Wildman–Crippen LogP) is 3.36. The van der Waals surface area contributed by atoms with E-state index in [9.17, 15) is 5.11 Å². The second kappa shape index (κ2) is 5.10. The third kappa shape index (κ3) is 2.10. The van der Waals surface area contributed by atoms with Gasteiger partial charge in [0.15, 0.2) is 0 Å². The second-order valence-corrected chi connectivity index (χ2v) is 5.05. The quantitative estimate of drug-likeness (QED) is 0.789. The number of imidazole rings is 1. The van der Waals surface area contributed by atoms with Crippen LogP contribution in [0.2, 0.25) is 0 Å². The van der Waals surface area contributed by atoms with Crippen molar-refractivity contribution < 1.29 is 5.11 Å². The molecule has 102 valence electrons. The van der Waals surface area contributed by atoms with Crippen molar-refractivity contribution in [1.82, 2.24) is 9.38 Å². The summed E-state index contributed by atoms with van der Waals surface area (Å²) < 4.78 is 1.97. The highest BCUT2D eigenvalue weighted by Gasteiger charge is 2.13. The van der Waals surface area contributed by atoms with Crippen LogP contribution in [-0.2, 0) is 13.0 Å². The zero-order chi connectivity index (χ0) is 14.1. The van der Waals surface area contributed by atoms with Crippen molar-refractivity contribution in [2.45, 2.75) is 26.9 Å². The van der Waals surface area contributed by atoms with Crippen molar-refractivity contribution in [3.05, 3.63) is 59.4 Å². The highest BCUT2D eigenvalue weighted by molar-refractivity contribution is 5.66. The Hall–Kier alpha value is -2.13. The molecule has 3 aromatic rings. The Morgan fingerprint density at radius 3 is 2.50 bits per heavy atom. The van der Waals surface area contributed by atoms with Crippen LogP contribution in [0.1, 0.15) is 23.7 Å². The van der Waals surface area contributed by atoms with Gasteiger partial charge >= 0.3 is 0 Å². The van der Waals surface area contributed by atoms with Gasteiger partial charge < -0.3 is 9.51 Å². The van der Waals surface area contributed by atoms with Crippen LogP contribution in [0, 0.1) is 6.92 Å². The number of pyridine rings is 1. The lowest BCUT2D eigenvalue weighted by Crippen LogP contribution is -1.94. The van der Waals surface area contributed by atoms with Crippen LogP contribution < -0.4 is 0 Å². The van der Waals surface area contributed by atoms with E-state index in [4.69, 9.17) is 0 Å². The molecule has 0 saturated heterocycles. The molecule has 3 nitrogen and oxygen atoms in total. The standard InChI is InChI=1S/C17H18N2O/c1-3-13-5-7-14(8-6-13)17-15(11-20)19-10-12(2)4-9-16(19)18-17/h4-10,20H,3,11H2,1-2H3. The number of aliphatic hydroxyl groups is 1. The van der Waals surface area contributed by atoms with Crippen LogP contribution in [0.25, 0.3) is 16.9 Å². The minimum Gasteiger partial charge on any atom is -0.390 e. The average molecular weight is 266 g/mol. The molecule has 3 rings (SSSR count). The van der Waals surface area contributed by atoms with Gasteiger partial charge in [-0.1, -0.05) is 37.3 Å². The van der Waals surface area contributed by atoms with Gasteiger partial charge in [0, 0.05) is 11.8 Å². The summed E-state index contributed by atoms with van der Waals surface area (Å²) in [6.07, 6.45) is 3.04. The Morgan fingerprint density at radius 2 is 1.85 bits per heavy atom. The Labute approximate surface area is 118 Å². The fourth-order valence-electron chi connectivity index (χ4n) is 2.48. The predicted molar refractivity (Wildman–Crippen MR) is 80.7 cm³/mol. The number of aryl methyl sites for hydroxylation is 2. The van der Waals surface area contributed by atoms with Crippen LogP contribution in [0.4, 0.5) is 0 Å². The molecule has 0 atom stereocenters. The molecule has 0 bridgehead atoms. The number of fused-ring (bicyclic) bond motifs is 1. The summed E-state index contributed by atoms with van der Waals surface area (Å²) in [5, 5.41) is 9.70. The first kappa shape index (κ1) is 12.9. The van der Waals surface area contributed by atoms with Gasteiger partial charge in [0.25, 0.3) is 0 Å². The molecule has 2 aromatic heterocycles. The van der Waals surface area contributed by atoms with Crippen molar-refractivity contribution in [2.75, 3.05) is 0 Å². The lowest BCUT2D eigenvalue weighted by molar-refractivity contribution is 0.276. The normalized spacial score (nSPS) is 11.2. The number of rotatable bonds is 3. The molecule has 20 heavy (non-hydrogen) atoms. The third-order valence-corrected chi connectivity index (χ3v) is 3.65. The van der Waals surface area contributed by atoms with E-state index >= 15 is 0 Å². The summed E-state index contributed by atoms with van der Waals surface area (Å²) in [5.74, 6) is 0. The summed E-state index contributed by atoms with van der Waals surface area (Å²) in [6.45, 7) is 4.16. The van der Waals surface area contributed by atoms with Crippen LogP contribution in [-0.4, -0.2) is 14.5 Å². The van der Waals surface area contributed by atoms with Gasteiger partial charge in [-0.15, -0.1) is 0 Å². The van der Waals surface area contributed by atoms with E-state index in [1.54, 1.807) is 0 Å². The van der Waals surface area contributed by atoms with Crippen molar-refractivity contribution in [3.8, 4) is 11.3 Å². The highest BCUT2D eigenvalue weighted by atomic mass is 16.3. The zero-order valence-electron chi connectivity index (χ0n) is 11.8. The van der Waals surface area contributed by atoms with Gasteiger partial charge in [0.1, 0.15) is 5.65 Å². The molecule has 0 spiro atoms. The second-order valence-electron chi connectivity index (χ2n) is 5.05. The molecular weight excluding hydrogens is 248 g/mol. The third-order valence-electron chi connectivity index (χ3n) is 3.65. The van der Waals surface area contributed by atoms with E-state index in [-0.39, 0.29) is 6.61 Å². The van der Waals surface area contributed by atoms with Gasteiger partial charge in [-0.3, -0.25) is 0 Å².